The van der Waals surface area contributed by atoms with Crippen LogP contribution in [0.15, 0.2) is 23.4 Å². The van der Waals surface area contributed by atoms with E-state index in [0.717, 1.165) is 0 Å². The molecule has 1 fully saturated rings. The normalized spacial score (nSPS) is 30.4. The van der Waals surface area contributed by atoms with Crippen molar-refractivity contribution in [1.82, 2.24) is 4.90 Å². The zero-order valence-electron chi connectivity index (χ0n) is 11.6. The molecule has 0 saturated carbocycles. The molecule has 2 heterocycles. The van der Waals surface area contributed by atoms with Crippen molar-refractivity contribution in [2.45, 2.75) is 32.9 Å². The first-order valence-electron chi connectivity index (χ1n) is 5.91. The molecule has 0 radical (unpaired) electrons. The Morgan fingerprint density at radius 3 is 2.42 bits per heavy atom. The number of amides is 1. The largest absolute Gasteiger partial charge is 1.00 e. The van der Waals surface area contributed by atoms with Gasteiger partial charge < -0.3 is 19.9 Å². The SMILES string of the molecule is C=C(C)C1=C(C(=O)[O-])N2C(=O)[C@@H]([C@@H](C)O)[C@H]2[C@H]1C.[Na+]. The maximum Gasteiger partial charge on any atom is 1.00 e. The van der Waals surface area contributed by atoms with Crippen molar-refractivity contribution in [2.24, 2.45) is 11.8 Å². The van der Waals surface area contributed by atoms with Crippen molar-refractivity contribution in [2.75, 3.05) is 0 Å². The van der Waals surface area contributed by atoms with Gasteiger partial charge in [0.25, 0.3) is 0 Å². The predicted octanol–water partition coefficient (Wildman–Crippen LogP) is -3.57. The van der Waals surface area contributed by atoms with E-state index in [1.54, 1.807) is 13.8 Å². The van der Waals surface area contributed by atoms with Crippen LogP contribution in [-0.4, -0.2) is 34.0 Å². The molecular formula is C13H16NNaO4. The number of β-lactam (4-membered cyclic amide) rings is 1. The Hall–Kier alpha value is -0.620. The summed E-state index contributed by atoms with van der Waals surface area (Å²) in [5, 5.41) is 20.8. The van der Waals surface area contributed by atoms with E-state index < -0.39 is 18.0 Å². The van der Waals surface area contributed by atoms with E-state index in [9.17, 15) is 19.8 Å². The molecule has 1 saturated heterocycles. The summed E-state index contributed by atoms with van der Waals surface area (Å²) < 4.78 is 0. The van der Waals surface area contributed by atoms with Crippen LogP contribution in [0.1, 0.15) is 20.8 Å². The topological polar surface area (TPSA) is 80.7 Å². The van der Waals surface area contributed by atoms with Crippen molar-refractivity contribution in [3.05, 3.63) is 23.4 Å². The summed E-state index contributed by atoms with van der Waals surface area (Å²) in [6.45, 7) is 8.87. The third kappa shape index (κ3) is 2.18. The summed E-state index contributed by atoms with van der Waals surface area (Å²) in [6.07, 6.45) is -0.784. The Morgan fingerprint density at radius 1 is 1.53 bits per heavy atom. The molecule has 6 heteroatoms. The molecule has 1 N–H and O–H groups in total. The number of aliphatic carboxylic acids is 1. The number of carbonyl (C=O) groups is 2. The van der Waals surface area contributed by atoms with Crippen molar-refractivity contribution < 1.29 is 49.4 Å². The number of fused-ring (bicyclic) bond motifs is 1. The van der Waals surface area contributed by atoms with E-state index in [0.29, 0.717) is 11.1 Å². The standard InChI is InChI=1S/C13H17NO4.Na/c1-5(2)8-6(3)10-9(7(4)15)12(16)14(10)11(8)13(17)18;/h6-7,9-10,15H,1H2,2-4H3,(H,17,18);/q;+1/p-1/t6-,7+,9-,10+;/m0./s1. The summed E-state index contributed by atoms with van der Waals surface area (Å²) in [5.74, 6) is -2.39. The molecule has 4 atom stereocenters. The first-order valence-corrected chi connectivity index (χ1v) is 5.91. The van der Waals surface area contributed by atoms with Crippen LogP contribution in [0.25, 0.3) is 0 Å². The molecule has 98 valence electrons. The number of allylic oxidation sites excluding steroid dienone is 1. The van der Waals surface area contributed by atoms with Gasteiger partial charge in [-0.05, 0) is 19.4 Å². The fourth-order valence-corrected chi connectivity index (χ4v) is 3.13. The van der Waals surface area contributed by atoms with Gasteiger partial charge in [-0.1, -0.05) is 19.1 Å². The zero-order chi connectivity index (χ0) is 13.8. The van der Waals surface area contributed by atoms with Crippen LogP contribution in [0.4, 0.5) is 0 Å². The smallest absolute Gasteiger partial charge is 0.543 e. The van der Waals surface area contributed by atoms with Crippen LogP contribution in [0, 0.1) is 11.8 Å². The summed E-state index contributed by atoms with van der Waals surface area (Å²) in [4.78, 5) is 24.4. The number of aliphatic hydroxyl groups excluding tert-OH is 1. The maximum absolute atomic E-state index is 11.9. The molecule has 0 aliphatic carbocycles. The van der Waals surface area contributed by atoms with Crippen LogP contribution in [-0.2, 0) is 9.59 Å². The molecule has 0 aromatic rings. The molecule has 0 spiro atoms. The number of hydrogen-bond acceptors (Lipinski definition) is 4. The first-order chi connectivity index (χ1) is 8.29. The Morgan fingerprint density at radius 2 is 2.05 bits per heavy atom. The number of carboxylic acids is 1. The summed E-state index contributed by atoms with van der Waals surface area (Å²) in [5.41, 5.74) is 1.09. The fourth-order valence-electron chi connectivity index (χ4n) is 3.13. The predicted molar refractivity (Wildman–Crippen MR) is 61.8 cm³/mol. The third-order valence-electron chi connectivity index (χ3n) is 3.83. The second kappa shape index (κ2) is 5.40. The molecule has 0 aromatic heterocycles. The Labute approximate surface area is 134 Å². The summed E-state index contributed by atoms with van der Waals surface area (Å²) >= 11 is 0. The minimum atomic E-state index is -1.36. The summed E-state index contributed by atoms with van der Waals surface area (Å²) in [6, 6.07) is -0.294. The van der Waals surface area contributed by atoms with E-state index in [1.165, 1.54) is 4.90 Å². The monoisotopic (exact) mass is 273 g/mol. The molecule has 0 unspecified atom stereocenters. The molecule has 19 heavy (non-hydrogen) atoms. The molecular weight excluding hydrogens is 257 g/mol. The van der Waals surface area contributed by atoms with Gasteiger partial charge >= 0.3 is 29.6 Å². The Bertz CT molecular complexity index is 483. The minimum Gasteiger partial charge on any atom is -0.543 e. The van der Waals surface area contributed by atoms with Crippen LogP contribution >= 0.6 is 0 Å². The van der Waals surface area contributed by atoms with Gasteiger partial charge in [-0.15, -0.1) is 0 Å². The Balaban J connectivity index is 0.00000180. The quantitative estimate of drug-likeness (QED) is 0.426. The molecule has 2 aliphatic heterocycles. The van der Waals surface area contributed by atoms with Crippen LogP contribution in [0.2, 0.25) is 0 Å². The Kier molecular flexibility index (Phi) is 4.67. The van der Waals surface area contributed by atoms with Crippen molar-refractivity contribution >= 4 is 11.9 Å². The molecule has 1 amide bonds. The van der Waals surface area contributed by atoms with Gasteiger partial charge in [-0.3, -0.25) is 4.79 Å². The number of carbonyl (C=O) groups excluding carboxylic acids is 2. The van der Waals surface area contributed by atoms with E-state index in [-0.39, 0.29) is 53.1 Å². The number of rotatable bonds is 3. The van der Waals surface area contributed by atoms with Crippen LogP contribution in [0.5, 0.6) is 0 Å². The number of hydrogen-bond donors (Lipinski definition) is 1. The number of aliphatic hydroxyl groups is 1. The zero-order valence-corrected chi connectivity index (χ0v) is 13.6. The number of nitrogens with zero attached hydrogens (tertiary/aromatic N) is 1. The third-order valence-corrected chi connectivity index (χ3v) is 3.83. The average Bonchev–Trinajstić information content (AvgIpc) is 2.47. The number of carboxylic acid groups (broad SMARTS) is 1. The molecule has 0 bridgehead atoms. The molecule has 0 aromatic carbocycles. The van der Waals surface area contributed by atoms with Crippen LogP contribution in [0.3, 0.4) is 0 Å². The van der Waals surface area contributed by atoms with Gasteiger partial charge in [-0.25, -0.2) is 0 Å². The fraction of sp³-hybridized carbons (Fsp3) is 0.538. The van der Waals surface area contributed by atoms with E-state index >= 15 is 0 Å². The van der Waals surface area contributed by atoms with Gasteiger partial charge in [0, 0.05) is 5.92 Å². The molecule has 5 nitrogen and oxygen atoms in total. The van der Waals surface area contributed by atoms with Gasteiger partial charge in [0.2, 0.25) is 5.91 Å². The summed E-state index contributed by atoms with van der Waals surface area (Å²) in [7, 11) is 0. The first kappa shape index (κ1) is 16.4. The molecule has 2 rings (SSSR count). The van der Waals surface area contributed by atoms with E-state index in [1.807, 2.05) is 6.92 Å². The van der Waals surface area contributed by atoms with E-state index in [4.69, 9.17) is 0 Å². The van der Waals surface area contributed by atoms with Crippen molar-refractivity contribution in [3.63, 3.8) is 0 Å². The second-order valence-electron chi connectivity index (χ2n) is 5.08. The second-order valence-corrected chi connectivity index (χ2v) is 5.08. The maximum atomic E-state index is 11.9. The van der Waals surface area contributed by atoms with E-state index in [2.05, 4.69) is 6.58 Å². The van der Waals surface area contributed by atoms with Crippen molar-refractivity contribution in [1.29, 1.82) is 0 Å². The van der Waals surface area contributed by atoms with Gasteiger partial charge in [0.15, 0.2) is 0 Å². The minimum absolute atomic E-state index is 0. The van der Waals surface area contributed by atoms with Crippen LogP contribution < -0.4 is 34.7 Å². The van der Waals surface area contributed by atoms with Crippen molar-refractivity contribution in [3.8, 4) is 0 Å². The van der Waals surface area contributed by atoms with Gasteiger partial charge in [-0.2, -0.15) is 0 Å². The van der Waals surface area contributed by atoms with Gasteiger partial charge in [0.1, 0.15) is 0 Å². The van der Waals surface area contributed by atoms with Gasteiger partial charge in [0.05, 0.1) is 29.7 Å². The molecule has 2 aliphatic rings. The average molecular weight is 273 g/mol.